The lowest BCUT2D eigenvalue weighted by Crippen LogP contribution is -3.00. The van der Waals surface area contributed by atoms with Gasteiger partial charge in [-0.25, -0.2) is 0 Å². The van der Waals surface area contributed by atoms with Crippen LogP contribution in [0.1, 0.15) is 116 Å². The molecule has 0 saturated carbocycles. The molecule has 0 radical (unpaired) electrons. The Bertz CT molecular complexity index is 425. The standard InChI is InChI=1S/C26H52NO3.ClH/c1-5-6-7-8-9-10-11-12-13-14-15-18-24-20-21-25(30-24)23-29-26(28)19-16-17-22-27(2,3)4;/h24-25H,5-23H2,1-4H3;1H/q+1;/p-1. The van der Waals surface area contributed by atoms with E-state index >= 15 is 0 Å². The van der Waals surface area contributed by atoms with Crippen molar-refractivity contribution in [2.24, 2.45) is 0 Å². The molecule has 0 aliphatic carbocycles. The van der Waals surface area contributed by atoms with Crippen molar-refractivity contribution in [1.29, 1.82) is 0 Å². The Morgan fingerprint density at radius 1 is 0.806 bits per heavy atom. The van der Waals surface area contributed by atoms with E-state index in [1.165, 1.54) is 77.0 Å². The van der Waals surface area contributed by atoms with E-state index in [0.29, 0.717) is 19.1 Å². The van der Waals surface area contributed by atoms with E-state index in [2.05, 4.69) is 28.1 Å². The fraction of sp³-hybridized carbons (Fsp3) is 0.962. The van der Waals surface area contributed by atoms with Crippen LogP contribution in [0.25, 0.3) is 0 Å². The highest BCUT2D eigenvalue weighted by atomic mass is 35.5. The summed E-state index contributed by atoms with van der Waals surface area (Å²) in [4.78, 5) is 11.9. The summed E-state index contributed by atoms with van der Waals surface area (Å²) < 4.78 is 12.5. The van der Waals surface area contributed by atoms with Gasteiger partial charge in [-0.3, -0.25) is 4.79 Å². The molecule has 0 bridgehead atoms. The van der Waals surface area contributed by atoms with E-state index < -0.39 is 0 Å². The molecule has 1 saturated heterocycles. The van der Waals surface area contributed by atoms with Gasteiger partial charge in [0.1, 0.15) is 6.61 Å². The molecule has 0 spiro atoms. The van der Waals surface area contributed by atoms with Gasteiger partial charge >= 0.3 is 5.97 Å². The van der Waals surface area contributed by atoms with Crippen LogP contribution in [0.3, 0.4) is 0 Å². The highest BCUT2D eigenvalue weighted by Gasteiger charge is 2.25. The Morgan fingerprint density at radius 3 is 1.94 bits per heavy atom. The lowest BCUT2D eigenvalue weighted by atomic mass is 10.0. The van der Waals surface area contributed by atoms with Crippen molar-refractivity contribution < 1.29 is 31.2 Å². The number of hydrogen-bond donors (Lipinski definition) is 0. The monoisotopic (exact) mass is 461 g/mol. The smallest absolute Gasteiger partial charge is 0.305 e. The third kappa shape index (κ3) is 18.9. The number of nitrogens with zero attached hydrogens (tertiary/aromatic N) is 1. The van der Waals surface area contributed by atoms with Gasteiger partial charge in [-0.15, -0.1) is 0 Å². The number of ether oxygens (including phenoxy) is 2. The molecule has 0 N–H and O–H groups in total. The van der Waals surface area contributed by atoms with Crippen molar-refractivity contribution in [3.63, 3.8) is 0 Å². The summed E-state index contributed by atoms with van der Waals surface area (Å²) >= 11 is 0. The van der Waals surface area contributed by atoms with Gasteiger partial charge < -0.3 is 26.4 Å². The van der Waals surface area contributed by atoms with Crippen LogP contribution < -0.4 is 12.4 Å². The summed E-state index contributed by atoms with van der Waals surface area (Å²) in [6.45, 7) is 3.82. The van der Waals surface area contributed by atoms with Gasteiger partial charge in [0.15, 0.2) is 0 Å². The zero-order valence-electron chi connectivity index (χ0n) is 21.1. The molecule has 186 valence electrons. The molecule has 1 fully saturated rings. The third-order valence-electron chi connectivity index (χ3n) is 6.22. The summed E-state index contributed by atoms with van der Waals surface area (Å²) in [6, 6.07) is 0. The first kappa shape index (κ1) is 30.7. The molecule has 0 aromatic carbocycles. The first-order chi connectivity index (χ1) is 14.4. The summed E-state index contributed by atoms with van der Waals surface area (Å²) in [7, 11) is 6.55. The van der Waals surface area contributed by atoms with Gasteiger partial charge in [0.2, 0.25) is 0 Å². The number of carbonyl (C=O) groups is 1. The van der Waals surface area contributed by atoms with Gasteiger partial charge in [0.05, 0.1) is 39.9 Å². The number of esters is 1. The molecule has 31 heavy (non-hydrogen) atoms. The quantitative estimate of drug-likeness (QED) is 0.167. The van der Waals surface area contributed by atoms with Crippen LogP contribution in [-0.2, 0) is 14.3 Å². The Balaban J connectivity index is 0.00000900. The SMILES string of the molecule is CCCCCCCCCCCCCC1CCC(COC(=O)CCCC[N+](C)(C)C)O1.[Cl-]. The first-order valence-corrected chi connectivity index (χ1v) is 13.0. The minimum absolute atomic E-state index is 0. The van der Waals surface area contributed by atoms with E-state index in [0.717, 1.165) is 36.7 Å². The number of hydrogen-bond acceptors (Lipinski definition) is 3. The molecular weight excluding hydrogens is 410 g/mol. The lowest BCUT2D eigenvalue weighted by Gasteiger charge is -2.23. The number of halogens is 1. The van der Waals surface area contributed by atoms with Crippen LogP contribution in [-0.4, -0.2) is 57.0 Å². The molecule has 1 aliphatic heterocycles. The molecule has 4 nitrogen and oxygen atoms in total. The molecule has 1 heterocycles. The number of rotatable bonds is 19. The van der Waals surface area contributed by atoms with Gasteiger partial charge in [0.25, 0.3) is 0 Å². The van der Waals surface area contributed by atoms with Crippen LogP contribution in [0.5, 0.6) is 0 Å². The van der Waals surface area contributed by atoms with Crippen LogP contribution >= 0.6 is 0 Å². The number of carbonyl (C=O) groups excluding carboxylic acids is 1. The summed E-state index contributed by atoms with van der Waals surface area (Å²) in [6.07, 6.45) is 21.6. The van der Waals surface area contributed by atoms with E-state index in [9.17, 15) is 4.79 Å². The van der Waals surface area contributed by atoms with Crippen molar-refractivity contribution in [2.75, 3.05) is 34.3 Å². The van der Waals surface area contributed by atoms with Crippen molar-refractivity contribution in [1.82, 2.24) is 0 Å². The fourth-order valence-electron chi connectivity index (χ4n) is 4.26. The largest absolute Gasteiger partial charge is 1.00 e. The maximum absolute atomic E-state index is 11.9. The minimum Gasteiger partial charge on any atom is -1.00 e. The number of quaternary nitrogens is 1. The summed E-state index contributed by atoms with van der Waals surface area (Å²) in [5.41, 5.74) is 0. The lowest BCUT2D eigenvalue weighted by molar-refractivity contribution is -0.870. The van der Waals surface area contributed by atoms with Gasteiger partial charge in [-0.1, -0.05) is 77.6 Å². The highest BCUT2D eigenvalue weighted by molar-refractivity contribution is 5.69. The second-order valence-electron chi connectivity index (χ2n) is 10.4. The van der Waals surface area contributed by atoms with Crippen LogP contribution in [0.2, 0.25) is 0 Å². The van der Waals surface area contributed by atoms with Crippen molar-refractivity contribution in [3.8, 4) is 0 Å². The molecule has 2 unspecified atom stereocenters. The van der Waals surface area contributed by atoms with Crippen LogP contribution in [0.15, 0.2) is 0 Å². The van der Waals surface area contributed by atoms with Gasteiger partial charge in [-0.2, -0.15) is 0 Å². The molecular formula is C26H52ClNO3. The van der Waals surface area contributed by atoms with Crippen molar-refractivity contribution in [3.05, 3.63) is 0 Å². The molecule has 0 amide bonds. The Hall–Kier alpha value is -0.320. The van der Waals surface area contributed by atoms with Gasteiger partial charge in [0, 0.05) is 6.42 Å². The molecule has 5 heteroatoms. The minimum atomic E-state index is -0.0613. The number of unbranched alkanes of at least 4 members (excludes halogenated alkanes) is 11. The van der Waals surface area contributed by atoms with E-state index in [1.807, 2.05) is 0 Å². The second-order valence-corrected chi connectivity index (χ2v) is 10.4. The van der Waals surface area contributed by atoms with Crippen molar-refractivity contribution in [2.45, 2.75) is 128 Å². The second kappa shape index (κ2) is 19.2. The zero-order valence-corrected chi connectivity index (χ0v) is 21.9. The normalized spacial score (nSPS) is 18.7. The Morgan fingerprint density at radius 2 is 1.35 bits per heavy atom. The molecule has 1 rings (SSSR count). The van der Waals surface area contributed by atoms with E-state index in [4.69, 9.17) is 9.47 Å². The topological polar surface area (TPSA) is 35.5 Å². The molecule has 2 atom stereocenters. The van der Waals surface area contributed by atoms with Crippen LogP contribution in [0, 0.1) is 0 Å². The predicted octanol–water partition coefficient (Wildman–Crippen LogP) is 3.66. The summed E-state index contributed by atoms with van der Waals surface area (Å²) in [5, 5.41) is 0. The van der Waals surface area contributed by atoms with E-state index in [1.54, 1.807) is 0 Å². The highest BCUT2D eigenvalue weighted by Crippen LogP contribution is 2.24. The molecule has 0 aromatic rings. The first-order valence-electron chi connectivity index (χ1n) is 13.0. The maximum atomic E-state index is 11.9. The Labute approximate surface area is 199 Å². The fourth-order valence-corrected chi connectivity index (χ4v) is 4.26. The maximum Gasteiger partial charge on any atom is 0.305 e. The third-order valence-corrected chi connectivity index (χ3v) is 6.22. The van der Waals surface area contributed by atoms with Gasteiger partial charge in [-0.05, 0) is 32.1 Å². The summed E-state index contributed by atoms with van der Waals surface area (Å²) in [5.74, 6) is -0.0613. The zero-order chi connectivity index (χ0) is 22.1. The van der Waals surface area contributed by atoms with Crippen molar-refractivity contribution >= 4 is 5.97 Å². The average Bonchev–Trinajstić information content (AvgIpc) is 3.15. The predicted molar refractivity (Wildman–Crippen MR) is 127 cm³/mol. The average molecular weight is 462 g/mol. The Kier molecular flexibility index (Phi) is 19.0. The van der Waals surface area contributed by atoms with E-state index in [-0.39, 0.29) is 24.5 Å². The molecule has 0 aromatic heterocycles. The van der Waals surface area contributed by atoms with Crippen LogP contribution in [0.4, 0.5) is 0 Å². The molecule has 1 aliphatic rings.